The Morgan fingerprint density at radius 1 is 1.48 bits per heavy atom. The molecule has 5 heteroatoms. The van der Waals surface area contributed by atoms with Crippen molar-refractivity contribution in [2.75, 3.05) is 32.0 Å². The minimum Gasteiger partial charge on any atom is -0.399 e. The molecule has 0 aromatic heterocycles. The maximum absolute atomic E-state index is 12.5. The molecule has 1 fully saturated rings. The largest absolute Gasteiger partial charge is 0.399 e. The van der Waals surface area contributed by atoms with Crippen LogP contribution < -0.4 is 5.73 Å². The van der Waals surface area contributed by atoms with Gasteiger partial charge in [0.25, 0.3) is 0 Å². The van der Waals surface area contributed by atoms with E-state index in [1.807, 2.05) is 36.1 Å². The number of nitrogen functional groups attached to an aromatic ring is 1. The van der Waals surface area contributed by atoms with Gasteiger partial charge in [-0.25, -0.2) is 0 Å². The number of rotatable bonds is 5. The first kappa shape index (κ1) is 15.8. The highest BCUT2D eigenvalue weighted by Gasteiger charge is 2.27. The van der Waals surface area contributed by atoms with Crippen molar-refractivity contribution in [3.63, 3.8) is 0 Å². The lowest BCUT2D eigenvalue weighted by Crippen LogP contribution is -2.42. The third kappa shape index (κ3) is 4.19. The number of hydrogen-bond donors (Lipinski definition) is 2. The third-order valence-electron chi connectivity index (χ3n) is 3.98. The quantitative estimate of drug-likeness (QED) is 0.804. The van der Waals surface area contributed by atoms with Crippen LogP contribution in [0.2, 0.25) is 0 Å². The molecule has 1 atom stereocenters. The number of amides is 1. The summed E-state index contributed by atoms with van der Waals surface area (Å²) in [6, 6.07) is 7.50. The molecule has 3 N–H and O–H groups in total. The van der Waals surface area contributed by atoms with Gasteiger partial charge in [-0.2, -0.15) is 0 Å². The van der Waals surface area contributed by atoms with Gasteiger partial charge in [0.2, 0.25) is 5.91 Å². The van der Waals surface area contributed by atoms with Crippen LogP contribution in [0.15, 0.2) is 24.3 Å². The molecule has 116 valence electrons. The number of carbonyl (C=O) groups excluding carboxylic acids is 1. The number of ether oxygens (including phenoxy) is 1. The van der Waals surface area contributed by atoms with Gasteiger partial charge in [-0.15, -0.1) is 0 Å². The highest BCUT2D eigenvalue weighted by molar-refractivity contribution is 5.83. The summed E-state index contributed by atoms with van der Waals surface area (Å²) in [6.45, 7) is 3.76. The predicted octanol–water partition coefficient (Wildman–Crippen LogP) is 1.37. The molecular formula is C16H24N2O3. The van der Waals surface area contributed by atoms with Gasteiger partial charge in [0.05, 0.1) is 25.2 Å². The monoisotopic (exact) mass is 292 g/mol. The highest BCUT2D eigenvalue weighted by Crippen LogP contribution is 2.23. The minimum atomic E-state index is -0.177. The van der Waals surface area contributed by atoms with E-state index in [1.54, 1.807) is 0 Å². The Morgan fingerprint density at radius 3 is 2.81 bits per heavy atom. The molecule has 5 nitrogen and oxygen atoms in total. The zero-order chi connectivity index (χ0) is 15.2. The number of aliphatic hydroxyl groups excluding tert-OH is 1. The zero-order valence-corrected chi connectivity index (χ0v) is 12.5. The van der Waals surface area contributed by atoms with Crippen LogP contribution in [0.4, 0.5) is 5.69 Å². The van der Waals surface area contributed by atoms with E-state index in [2.05, 4.69) is 0 Å². The summed E-state index contributed by atoms with van der Waals surface area (Å²) in [6.07, 6.45) is 1.81. The Labute approximate surface area is 125 Å². The molecule has 1 aromatic rings. The summed E-state index contributed by atoms with van der Waals surface area (Å²) in [5, 5.41) is 8.76. The fraction of sp³-hybridized carbons (Fsp3) is 0.562. The van der Waals surface area contributed by atoms with Crippen LogP contribution in [0.1, 0.15) is 31.2 Å². The Bertz CT molecular complexity index is 470. The van der Waals surface area contributed by atoms with E-state index in [-0.39, 0.29) is 24.5 Å². The normalized spacial score (nSPS) is 17.7. The second-order valence-electron chi connectivity index (χ2n) is 5.51. The van der Waals surface area contributed by atoms with E-state index in [4.69, 9.17) is 15.6 Å². The van der Waals surface area contributed by atoms with Gasteiger partial charge in [-0.3, -0.25) is 4.79 Å². The van der Waals surface area contributed by atoms with Crippen molar-refractivity contribution in [1.82, 2.24) is 4.90 Å². The number of likely N-dealkylation sites (tertiary alicyclic amines) is 1. The first-order chi connectivity index (χ1) is 10.1. The van der Waals surface area contributed by atoms with Gasteiger partial charge >= 0.3 is 0 Å². The SMILES string of the molecule is CC(C(=O)N1CCC(OCCO)CC1)c1cccc(N)c1. The van der Waals surface area contributed by atoms with E-state index < -0.39 is 0 Å². The molecule has 0 saturated carbocycles. The summed E-state index contributed by atoms with van der Waals surface area (Å²) in [5.41, 5.74) is 7.42. The topological polar surface area (TPSA) is 75.8 Å². The number of hydrogen-bond acceptors (Lipinski definition) is 4. The number of carbonyl (C=O) groups is 1. The van der Waals surface area contributed by atoms with Crippen molar-refractivity contribution in [2.24, 2.45) is 0 Å². The van der Waals surface area contributed by atoms with E-state index in [1.165, 1.54) is 0 Å². The van der Waals surface area contributed by atoms with Crippen LogP contribution in [0, 0.1) is 0 Å². The molecule has 2 rings (SSSR count). The van der Waals surface area contributed by atoms with Crippen LogP contribution in [0.5, 0.6) is 0 Å². The molecule has 1 aliphatic rings. The van der Waals surface area contributed by atoms with E-state index in [0.717, 1.165) is 18.4 Å². The van der Waals surface area contributed by atoms with Gasteiger partial charge < -0.3 is 20.5 Å². The Hall–Kier alpha value is -1.59. The average Bonchev–Trinajstić information content (AvgIpc) is 2.52. The van der Waals surface area contributed by atoms with Gasteiger partial charge in [-0.05, 0) is 37.5 Å². The highest BCUT2D eigenvalue weighted by atomic mass is 16.5. The number of aliphatic hydroxyl groups is 1. The van der Waals surface area contributed by atoms with Crippen LogP contribution in [0.3, 0.4) is 0 Å². The van der Waals surface area contributed by atoms with Gasteiger partial charge in [0, 0.05) is 18.8 Å². The molecule has 1 heterocycles. The molecule has 1 saturated heterocycles. The Balaban J connectivity index is 1.89. The predicted molar refractivity (Wildman–Crippen MR) is 81.9 cm³/mol. The fourth-order valence-corrected chi connectivity index (χ4v) is 2.71. The summed E-state index contributed by atoms with van der Waals surface area (Å²) in [5.74, 6) is -0.0374. The summed E-state index contributed by atoms with van der Waals surface area (Å²) < 4.78 is 5.52. The van der Waals surface area contributed by atoms with E-state index >= 15 is 0 Å². The summed E-state index contributed by atoms with van der Waals surface area (Å²) >= 11 is 0. The van der Waals surface area contributed by atoms with Gasteiger partial charge in [0.1, 0.15) is 0 Å². The van der Waals surface area contributed by atoms with Crippen LogP contribution >= 0.6 is 0 Å². The maximum atomic E-state index is 12.5. The number of benzene rings is 1. The average molecular weight is 292 g/mol. The number of piperidine rings is 1. The smallest absolute Gasteiger partial charge is 0.229 e. The second kappa shape index (κ2) is 7.43. The molecule has 1 aromatic carbocycles. The lowest BCUT2D eigenvalue weighted by atomic mass is 9.97. The molecular weight excluding hydrogens is 268 g/mol. The summed E-state index contributed by atoms with van der Waals surface area (Å²) in [7, 11) is 0. The molecule has 0 aliphatic carbocycles. The molecule has 1 aliphatic heterocycles. The van der Waals surface area contributed by atoms with Crippen molar-refractivity contribution < 1.29 is 14.6 Å². The van der Waals surface area contributed by atoms with E-state index in [9.17, 15) is 4.79 Å². The number of nitrogens with zero attached hydrogens (tertiary/aromatic N) is 1. The summed E-state index contributed by atoms with van der Waals surface area (Å²) in [4.78, 5) is 14.4. The van der Waals surface area contributed by atoms with Crippen molar-refractivity contribution in [1.29, 1.82) is 0 Å². The lowest BCUT2D eigenvalue weighted by Gasteiger charge is -2.33. The van der Waals surface area contributed by atoms with Crippen LogP contribution in [-0.2, 0) is 9.53 Å². The fourth-order valence-electron chi connectivity index (χ4n) is 2.71. The first-order valence-corrected chi connectivity index (χ1v) is 7.48. The van der Waals surface area contributed by atoms with E-state index in [0.29, 0.717) is 25.4 Å². The van der Waals surface area contributed by atoms with Crippen molar-refractivity contribution in [3.8, 4) is 0 Å². The molecule has 1 amide bonds. The Kier molecular flexibility index (Phi) is 5.59. The standard InChI is InChI=1S/C16H24N2O3/c1-12(13-3-2-4-14(17)11-13)16(20)18-7-5-15(6-8-18)21-10-9-19/h2-4,11-12,15,19H,5-10,17H2,1H3. The molecule has 1 unspecified atom stereocenters. The first-order valence-electron chi connectivity index (χ1n) is 7.48. The second-order valence-corrected chi connectivity index (χ2v) is 5.51. The third-order valence-corrected chi connectivity index (χ3v) is 3.98. The van der Waals surface area contributed by atoms with Gasteiger partial charge in [-0.1, -0.05) is 12.1 Å². The molecule has 0 bridgehead atoms. The molecule has 0 radical (unpaired) electrons. The number of anilines is 1. The zero-order valence-electron chi connectivity index (χ0n) is 12.5. The lowest BCUT2D eigenvalue weighted by molar-refractivity contribution is -0.135. The molecule has 21 heavy (non-hydrogen) atoms. The van der Waals surface area contributed by atoms with Crippen molar-refractivity contribution in [2.45, 2.75) is 31.8 Å². The van der Waals surface area contributed by atoms with Crippen LogP contribution in [-0.4, -0.2) is 48.3 Å². The Morgan fingerprint density at radius 2 is 2.19 bits per heavy atom. The van der Waals surface area contributed by atoms with Gasteiger partial charge in [0.15, 0.2) is 0 Å². The maximum Gasteiger partial charge on any atom is 0.229 e. The molecule has 0 spiro atoms. The van der Waals surface area contributed by atoms with Crippen molar-refractivity contribution >= 4 is 11.6 Å². The van der Waals surface area contributed by atoms with Crippen LogP contribution in [0.25, 0.3) is 0 Å². The van der Waals surface area contributed by atoms with Crippen molar-refractivity contribution in [3.05, 3.63) is 29.8 Å². The number of nitrogens with two attached hydrogens (primary N) is 1. The minimum absolute atomic E-state index is 0.0472.